The maximum atomic E-state index is 12.9. The number of aromatic nitrogens is 1. The molecule has 0 N–H and O–H groups in total. The molecule has 0 aliphatic carbocycles. The van der Waals surface area contributed by atoms with E-state index in [1.807, 2.05) is 25.1 Å². The lowest BCUT2D eigenvalue weighted by molar-refractivity contribution is 0.0733. The number of benzene rings is 2. The minimum Gasteiger partial charge on any atom is -0.423 e. The zero-order valence-corrected chi connectivity index (χ0v) is 12.3. The maximum Gasteiger partial charge on any atom is 0.345 e. The van der Waals surface area contributed by atoms with Gasteiger partial charge in [-0.1, -0.05) is 11.6 Å². The number of aryl methyl sites for hydroxylation is 2. The van der Waals surface area contributed by atoms with Crippen molar-refractivity contribution >= 4 is 16.9 Å². The molecule has 22 heavy (non-hydrogen) atoms. The Kier molecular flexibility index (Phi) is 3.59. The number of pyridine rings is 1. The number of hydrogen-bond acceptors (Lipinski definition) is 3. The summed E-state index contributed by atoms with van der Waals surface area (Å²) in [7, 11) is 0. The molecule has 0 unspecified atom stereocenters. The Labute approximate surface area is 127 Å². The molecule has 0 aliphatic rings. The van der Waals surface area contributed by atoms with Crippen molar-refractivity contribution in [1.29, 1.82) is 0 Å². The fourth-order valence-corrected chi connectivity index (χ4v) is 2.26. The number of carbonyl (C=O) groups is 1. The molecular weight excluding hydrogens is 281 g/mol. The summed E-state index contributed by atoms with van der Waals surface area (Å²) in [4.78, 5) is 16.7. The largest absolute Gasteiger partial charge is 0.423 e. The molecule has 0 atom stereocenters. The second-order valence-corrected chi connectivity index (χ2v) is 5.16. The Morgan fingerprint density at radius 2 is 1.77 bits per heavy atom. The third-order valence-electron chi connectivity index (χ3n) is 3.40. The van der Waals surface area contributed by atoms with Gasteiger partial charge in [-0.15, -0.1) is 0 Å². The fourth-order valence-electron chi connectivity index (χ4n) is 2.26. The maximum absolute atomic E-state index is 12.9. The molecule has 0 aliphatic heterocycles. The van der Waals surface area contributed by atoms with Crippen LogP contribution < -0.4 is 4.74 Å². The summed E-state index contributed by atoms with van der Waals surface area (Å²) in [6, 6.07) is 13.0. The van der Waals surface area contributed by atoms with Crippen LogP contribution in [0.25, 0.3) is 10.9 Å². The van der Waals surface area contributed by atoms with E-state index in [1.54, 1.807) is 13.0 Å². The van der Waals surface area contributed by atoms with Gasteiger partial charge in [0.25, 0.3) is 0 Å². The standard InChI is InChI=1S/C18H14FNO2/c1-11-3-8-17-13(9-11)10-16(12(2)20-17)18(21)22-15-6-4-14(19)5-7-15/h3-10H,1-2H3. The summed E-state index contributed by atoms with van der Waals surface area (Å²) in [6.07, 6.45) is 0. The zero-order chi connectivity index (χ0) is 15.7. The van der Waals surface area contributed by atoms with E-state index in [0.717, 1.165) is 16.5 Å². The molecule has 1 aromatic heterocycles. The minimum absolute atomic E-state index is 0.301. The van der Waals surface area contributed by atoms with Crippen LogP contribution in [0.1, 0.15) is 21.6 Å². The van der Waals surface area contributed by atoms with Crippen LogP contribution in [0.3, 0.4) is 0 Å². The second-order valence-electron chi connectivity index (χ2n) is 5.16. The molecule has 0 radical (unpaired) electrons. The van der Waals surface area contributed by atoms with Gasteiger partial charge in [0.05, 0.1) is 16.8 Å². The Morgan fingerprint density at radius 1 is 1.05 bits per heavy atom. The Balaban J connectivity index is 1.96. The van der Waals surface area contributed by atoms with Crippen LogP contribution in [0.2, 0.25) is 0 Å². The smallest absolute Gasteiger partial charge is 0.345 e. The van der Waals surface area contributed by atoms with Crippen LogP contribution in [-0.2, 0) is 0 Å². The van der Waals surface area contributed by atoms with Crippen molar-refractivity contribution in [3.63, 3.8) is 0 Å². The number of esters is 1. The van der Waals surface area contributed by atoms with Crippen molar-refractivity contribution in [2.75, 3.05) is 0 Å². The summed E-state index contributed by atoms with van der Waals surface area (Å²) in [5.41, 5.74) is 2.93. The van der Waals surface area contributed by atoms with E-state index < -0.39 is 5.97 Å². The number of halogens is 1. The van der Waals surface area contributed by atoms with E-state index in [0.29, 0.717) is 17.0 Å². The molecule has 0 fully saturated rings. The van der Waals surface area contributed by atoms with Gasteiger partial charge in [-0.05, 0) is 56.3 Å². The van der Waals surface area contributed by atoms with E-state index in [1.165, 1.54) is 24.3 Å². The lowest BCUT2D eigenvalue weighted by Gasteiger charge is -2.08. The average molecular weight is 295 g/mol. The highest BCUT2D eigenvalue weighted by atomic mass is 19.1. The molecule has 2 aromatic carbocycles. The molecule has 3 nitrogen and oxygen atoms in total. The number of hydrogen-bond donors (Lipinski definition) is 0. The molecule has 0 amide bonds. The number of carbonyl (C=O) groups excluding carboxylic acids is 1. The summed E-state index contributed by atoms with van der Waals surface area (Å²) in [6.45, 7) is 3.75. The van der Waals surface area contributed by atoms with Crippen molar-refractivity contribution in [2.45, 2.75) is 13.8 Å². The lowest BCUT2D eigenvalue weighted by atomic mass is 10.1. The molecule has 0 saturated heterocycles. The summed E-state index contributed by atoms with van der Waals surface area (Å²) < 4.78 is 18.1. The Morgan fingerprint density at radius 3 is 2.50 bits per heavy atom. The van der Waals surface area contributed by atoms with Gasteiger partial charge in [0.2, 0.25) is 0 Å². The van der Waals surface area contributed by atoms with E-state index in [-0.39, 0.29) is 5.82 Å². The number of nitrogens with zero attached hydrogens (tertiary/aromatic N) is 1. The van der Waals surface area contributed by atoms with Gasteiger partial charge < -0.3 is 4.74 Å². The molecule has 3 aromatic rings. The highest BCUT2D eigenvalue weighted by Gasteiger charge is 2.14. The molecule has 0 saturated carbocycles. The third kappa shape index (κ3) is 2.81. The fraction of sp³-hybridized carbons (Fsp3) is 0.111. The van der Waals surface area contributed by atoms with Crippen molar-refractivity contribution < 1.29 is 13.9 Å². The van der Waals surface area contributed by atoms with Crippen molar-refractivity contribution in [3.8, 4) is 5.75 Å². The van der Waals surface area contributed by atoms with Gasteiger partial charge in [0.15, 0.2) is 0 Å². The molecule has 3 rings (SSSR count). The first kappa shape index (κ1) is 14.2. The first-order chi connectivity index (χ1) is 10.5. The second kappa shape index (κ2) is 5.56. The molecule has 1 heterocycles. The lowest BCUT2D eigenvalue weighted by Crippen LogP contribution is -2.11. The monoisotopic (exact) mass is 295 g/mol. The average Bonchev–Trinajstić information content (AvgIpc) is 2.49. The highest BCUT2D eigenvalue weighted by molar-refractivity contribution is 5.96. The zero-order valence-electron chi connectivity index (χ0n) is 12.3. The van der Waals surface area contributed by atoms with Gasteiger partial charge in [-0.25, -0.2) is 9.18 Å². The number of fused-ring (bicyclic) bond motifs is 1. The molecule has 4 heteroatoms. The quantitative estimate of drug-likeness (QED) is 0.525. The van der Waals surface area contributed by atoms with Crippen LogP contribution in [0.4, 0.5) is 4.39 Å². The molecule has 0 spiro atoms. The van der Waals surface area contributed by atoms with E-state index in [4.69, 9.17) is 4.74 Å². The molecule has 0 bridgehead atoms. The van der Waals surface area contributed by atoms with E-state index in [2.05, 4.69) is 4.98 Å². The van der Waals surface area contributed by atoms with Gasteiger partial charge in [0.1, 0.15) is 11.6 Å². The summed E-state index contributed by atoms with van der Waals surface area (Å²) in [5.74, 6) is -0.575. The van der Waals surface area contributed by atoms with Crippen LogP contribution in [0.15, 0.2) is 48.5 Å². The van der Waals surface area contributed by atoms with Crippen molar-refractivity contribution in [3.05, 3.63) is 71.2 Å². The van der Waals surface area contributed by atoms with Gasteiger partial charge in [-0.3, -0.25) is 4.98 Å². The Bertz CT molecular complexity index is 857. The van der Waals surface area contributed by atoms with E-state index in [9.17, 15) is 9.18 Å². The summed E-state index contributed by atoms with van der Waals surface area (Å²) in [5, 5.41) is 0.886. The predicted molar refractivity (Wildman–Crippen MR) is 82.6 cm³/mol. The van der Waals surface area contributed by atoms with Crippen LogP contribution >= 0.6 is 0 Å². The molecular formula is C18H14FNO2. The summed E-state index contributed by atoms with van der Waals surface area (Å²) >= 11 is 0. The first-order valence-electron chi connectivity index (χ1n) is 6.89. The Hall–Kier alpha value is -2.75. The van der Waals surface area contributed by atoms with Gasteiger partial charge in [-0.2, -0.15) is 0 Å². The minimum atomic E-state index is -0.500. The van der Waals surface area contributed by atoms with Crippen molar-refractivity contribution in [1.82, 2.24) is 4.98 Å². The first-order valence-corrected chi connectivity index (χ1v) is 6.89. The van der Waals surface area contributed by atoms with Crippen LogP contribution in [0.5, 0.6) is 5.75 Å². The van der Waals surface area contributed by atoms with Crippen LogP contribution in [0, 0.1) is 19.7 Å². The van der Waals surface area contributed by atoms with Gasteiger partial charge in [0, 0.05) is 5.39 Å². The topological polar surface area (TPSA) is 39.2 Å². The molecule has 110 valence electrons. The highest BCUT2D eigenvalue weighted by Crippen LogP contribution is 2.20. The predicted octanol–water partition coefficient (Wildman–Crippen LogP) is 4.21. The van der Waals surface area contributed by atoms with Crippen molar-refractivity contribution in [2.24, 2.45) is 0 Å². The number of rotatable bonds is 2. The van der Waals surface area contributed by atoms with Gasteiger partial charge >= 0.3 is 5.97 Å². The third-order valence-corrected chi connectivity index (χ3v) is 3.40. The van der Waals surface area contributed by atoms with E-state index >= 15 is 0 Å². The van der Waals surface area contributed by atoms with Crippen LogP contribution in [-0.4, -0.2) is 11.0 Å². The number of ether oxygens (including phenoxy) is 1. The SMILES string of the molecule is Cc1ccc2nc(C)c(C(=O)Oc3ccc(F)cc3)cc2c1. The normalized spacial score (nSPS) is 10.7.